The molecule has 8 amide bonds. The van der Waals surface area contributed by atoms with Crippen molar-refractivity contribution >= 4 is 53.2 Å². The Balaban J connectivity index is 3.04. The van der Waals surface area contributed by atoms with Gasteiger partial charge in [-0.1, -0.05) is 69.2 Å². The molecule has 19 nitrogen and oxygen atoms in total. The molecule has 1 fully saturated rings. The van der Waals surface area contributed by atoms with Crippen LogP contribution in [0.4, 0.5) is 0 Å². The largest absolute Gasteiger partial charge is 0.480 e. The molecule has 0 aromatic carbocycles. The van der Waals surface area contributed by atoms with Crippen molar-refractivity contribution < 1.29 is 48.3 Å². The number of nitrogens with one attached hydrogen (secondary N) is 7. The molecular weight excluding hydrogens is 803 g/mol. The van der Waals surface area contributed by atoms with Crippen molar-refractivity contribution in [2.24, 2.45) is 35.3 Å². The molecule has 354 valence electrons. The maximum absolute atomic E-state index is 14.0. The van der Waals surface area contributed by atoms with Gasteiger partial charge in [0.25, 0.3) is 0 Å². The lowest BCUT2D eigenvalue weighted by Crippen LogP contribution is -2.59. The Hall–Kier alpha value is -4.81. The molecule has 8 atom stereocenters. The quantitative estimate of drug-likeness (QED) is 0.0583. The number of carbonyl (C=O) groups is 9. The fourth-order valence-electron chi connectivity index (χ4n) is 7.05. The molecule has 62 heavy (non-hydrogen) atoms. The van der Waals surface area contributed by atoms with Gasteiger partial charge in [0.15, 0.2) is 0 Å². The Labute approximate surface area is 367 Å². The standard InChI is InChI=1S/C43H77N9O10/c1-22(2)16-29(38(56)45-21-35(53)47-30(17-23(3)4)39(57)51-33(43(61)62)20-26(9)10)49-37(55)28(12)46-41(59)34-14-13-15-52(34)42(60)32(19-25(7)8)50-40(58)31(18-24(5)6)48-36(54)27(11)44/h22-34H,13-21,44H2,1-12H3,(H,45,56)(H,46,59)(H,47,53)(H,48,54)(H,49,55)(H,50,58)(H,51,57)(H,61,62)/t27-,28-,29-,30-,31-,32-,33-,34-/m0/s1. The molecule has 0 saturated carbocycles. The van der Waals surface area contributed by atoms with E-state index in [9.17, 15) is 48.3 Å². The lowest BCUT2D eigenvalue weighted by molar-refractivity contribution is -0.143. The lowest BCUT2D eigenvalue weighted by atomic mass is 9.99. The second kappa shape index (κ2) is 26.6. The van der Waals surface area contributed by atoms with Crippen LogP contribution in [0.25, 0.3) is 0 Å². The molecule has 0 aromatic heterocycles. The summed E-state index contributed by atoms with van der Waals surface area (Å²) in [4.78, 5) is 120. The fourth-order valence-corrected chi connectivity index (χ4v) is 7.05. The fraction of sp³-hybridized carbons (Fsp3) is 0.791. The first-order chi connectivity index (χ1) is 28.7. The van der Waals surface area contributed by atoms with Gasteiger partial charge in [0, 0.05) is 6.54 Å². The Morgan fingerprint density at radius 3 is 1.40 bits per heavy atom. The summed E-state index contributed by atoms with van der Waals surface area (Å²) < 4.78 is 0. The summed E-state index contributed by atoms with van der Waals surface area (Å²) in [6.07, 6.45) is 1.99. The van der Waals surface area contributed by atoms with Gasteiger partial charge in [0.1, 0.15) is 42.3 Å². The maximum Gasteiger partial charge on any atom is 0.326 e. The number of hydrogen-bond acceptors (Lipinski definition) is 10. The van der Waals surface area contributed by atoms with E-state index in [-0.39, 0.29) is 61.8 Å². The van der Waals surface area contributed by atoms with Crippen LogP contribution < -0.4 is 43.0 Å². The molecule has 10 N–H and O–H groups in total. The summed E-state index contributed by atoms with van der Waals surface area (Å²) in [6.45, 7) is 21.3. The third-order valence-electron chi connectivity index (χ3n) is 10.1. The number of nitrogens with zero attached hydrogens (tertiary/aromatic N) is 1. The molecule has 1 saturated heterocycles. The Morgan fingerprint density at radius 1 is 0.532 bits per heavy atom. The Morgan fingerprint density at radius 2 is 0.935 bits per heavy atom. The van der Waals surface area contributed by atoms with Gasteiger partial charge in [-0.05, 0) is 88.4 Å². The van der Waals surface area contributed by atoms with Crippen LogP contribution in [-0.2, 0) is 43.2 Å². The van der Waals surface area contributed by atoms with Crippen molar-refractivity contribution in [3.8, 4) is 0 Å². The number of carbonyl (C=O) groups excluding carboxylic acids is 8. The number of carboxylic acids is 1. The summed E-state index contributed by atoms with van der Waals surface area (Å²) in [6, 6.07) is -8.13. The van der Waals surface area contributed by atoms with Gasteiger partial charge in [0.05, 0.1) is 12.6 Å². The SMILES string of the molecule is CC(C)C[C@H](NC(=O)[C@H](CC(C)C)NC(=O)CNC(=O)[C@H](CC(C)C)NC(=O)[C@H](C)NC(=O)[C@@H]1CCCN1C(=O)[C@H](CC(C)C)NC(=O)[C@H](CC(C)C)NC(=O)[C@H](C)N)C(=O)O. The van der Waals surface area contributed by atoms with Crippen LogP contribution in [0.2, 0.25) is 0 Å². The average Bonchev–Trinajstić information content (AvgIpc) is 3.64. The number of carboxylic acid groups (broad SMARTS) is 1. The van der Waals surface area contributed by atoms with Gasteiger partial charge in [-0.25, -0.2) is 4.79 Å². The Bertz CT molecular complexity index is 1550. The van der Waals surface area contributed by atoms with E-state index in [2.05, 4.69) is 37.2 Å². The van der Waals surface area contributed by atoms with E-state index in [0.29, 0.717) is 19.3 Å². The van der Waals surface area contributed by atoms with E-state index in [4.69, 9.17) is 5.73 Å². The minimum atomic E-state index is -1.19. The molecule has 19 heteroatoms. The molecule has 0 unspecified atom stereocenters. The molecule has 0 aliphatic carbocycles. The molecule has 1 rings (SSSR count). The second-order valence-electron chi connectivity index (χ2n) is 18.8. The van der Waals surface area contributed by atoms with Crippen LogP contribution in [0, 0.1) is 29.6 Å². The van der Waals surface area contributed by atoms with Gasteiger partial charge in [-0.2, -0.15) is 0 Å². The zero-order valence-corrected chi connectivity index (χ0v) is 39.0. The lowest BCUT2D eigenvalue weighted by Gasteiger charge is -2.31. The highest BCUT2D eigenvalue weighted by molar-refractivity contribution is 5.97. The second-order valence-corrected chi connectivity index (χ2v) is 18.8. The highest BCUT2D eigenvalue weighted by atomic mass is 16.4. The number of aliphatic carboxylic acids is 1. The van der Waals surface area contributed by atoms with Crippen LogP contribution in [0.1, 0.15) is 128 Å². The van der Waals surface area contributed by atoms with E-state index in [1.165, 1.54) is 18.7 Å². The first-order valence-electron chi connectivity index (χ1n) is 22.1. The van der Waals surface area contributed by atoms with E-state index in [1.807, 2.05) is 69.2 Å². The predicted molar refractivity (Wildman–Crippen MR) is 234 cm³/mol. The molecule has 1 aliphatic heterocycles. The van der Waals surface area contributed by atoms with Gasteiger partial charge in [-0.15, -0.1) is 0 Å². The molecule has 0 radical (unpaired) electrons. The van der Waals surface area contributed by atoms with E-state index in [1.54, 1.807) is 0 Å². The minimum absolute atomic E-state index is 0.00951. The number of hydrogen-bond donors (Lipinski definition) is 9. The normalized spacial score (nSPS) is 17.4. The minimum Gasteiger partial charge on any atom is -0.480 e. The van der Waals surface area contributed by atoms with Gasteiger partial charge in [-0.3, -0.25) is 38.4 Å². The topological polar surface area (TPSA) is 287 Å². The van der Waals surface area contributed by atoms with Crippen molar-refractivity contribution in [2.75, 3.05) is 13.1 Å². The summed E-state index contributed by atoms with van der Waals surface area (Å²) in [5, 5.41) is 28.0. The number of nitrogens with two attached hydrogens (primary N) is 1. The first kappa shape index (κ1) is 55.2. The predicted octanol–water partition coefficient (Wildman–Crippen LogP) is 0.685. The van der Waals surface area contributed by atoms with Crippen molar-refractivity contribution in [3.05, 3.63) is 0 Å². The van der Waals surface area contributed by atoms with Crippen LogP contribution in [0.5, 0.6) is 0 Å². The molecular formula is C43H77N9O10. The highest BCUT2D eigenvalue weighted by Gasteiger charge is 2.40. The molecule has 0 aromatic rings. The van der Waals surface area contributed by atoms with Gasteiger partial charge >= 0.3 is 5.97 Å². The third kappa shape index (κ3) is 19.9. The van der Waals surface area contributed by atoms with E-state index >= 15 is 0 Å². The van der Waals surface area contributed by atoms with Crippen LogP contribution in [0.15, 0.2) is 0 Å². The van der Waals surface area contributed by atoms with Crippen molar-refractivity contribution in [1.82, 2.24) is 42.1 Å². The maximum atomic E-state index is 14.0. The van der Waals surface area contributed by atoms with Crippen molar-refractivity contribution in [1.29, 1.82) is 0 Å². The molecule has 1 heterocycles. The summed E-state index contributed by atoms with van der Waals surface area (Å²) >= 11 is 0. The first-order valence-corrected chi connectivity index (χ1v) is 22.1. The monoisotopic (exact) mass is 880 g/mol. The van der Waals surface area contributed by atoms with Crippen molar-refractivity contribution in [2.45, 2.75) is 176 Å². The molecule has 1 aliphatic rings. The van der Waals surface area contributed by atoms with Crippen LogP contribution in [-0.4, -0.2) is 125 Å². The number of amides is 8. The zero-order chi connectivity index (χ0) is 47.6. The van der Waals surface area contributed by atoms with Crippen LogP contribution >= 0.6 is 0 Å². The Kier molecular flexibility index (Phi) is 23.7. The van der Waals surface area contributed by atoms with E-state index < -0.39 is 108 Å². The summed E-state index contributed by atoms with van der Waals surface area (Å²) in [5.74, 6) is -6.09. The highest BCUT2D eigenvalue weighted by Crippen LogP contribution is 2.21. The molecule has 0 bridgehead atoms. The van der Waals surface area contributed by atoms with Gasteiger partial charge < -0.3 is 53.0 Å². The van der Waals surface area contributed by atoms with Crippen molar-refractivity contribution in [3.63, 3.8) is 0 Å². The smallest absolute Gasteiger partial charge is 0.326 e. The molecule has 0 spiro atoms. The zero-order valence-electron chi connectivity index (χ0n) is 39.0. The number of rotatable bonds is 26. The average molecular weight is 880 g/mol. The van der Waals surface area contributed by atoms with Crippen LogP contribution in [0.3, 0.4) is 0 Å². The van der Waals surface area contributed by atoms with E-state index in [0.717, 1.165) is 0 Å². The third-order valence-corrected chi connectivity index (χ3v) is 10.1. The summed E-state index contributed by atoms with van der Waals surface area (Å²) in [7, 11) is 0. The number of likely N-dealkylation sites (tertiary alicyclic amines) is 1. The summed E-state index contributed by atoms with van der Waals surface area (Å²) in [5.41, 5.74) is 5.72. The van der Waals surface area contributed by atoms with Gasteiger partial charge in [0.2, 0.25) is 47.3 Å².